The monoisotopic (exact) mass is 417 g/mol. The summed E-state index contributed by atoms with van der Waals surface area (Å²) in [6.07, 6.45) is 14.5. The standard InChI is InChI=1S/C26H34F3N/c27-26(28,29)25-17-15-24(16-18-25)23-13-11-21(12-14-23)5-2-1-4-20-7-9-22(10-8-20)6-3-19-30/h3,6,15-18,20-23H,1-2,4-5,7-14H2/t20-,21-,22-,23-. The van der Waals surface area contributed by atoms with Crippen LogP contribution in [0, 0.1) is 29.1 Å². The molecular weight excluding hydrogens is 383 g/mol. The maximum Gasteiger partial charge on any atom is 0.416 e. The molecular formula is C26H34F3N. The molecule has 0 amide bonds. The van der Waals surface area contributed by atoms with Crippen molar-refractivity contribution in [2.24, 2.45) is 17.8 Å². The number of benzene rings is 1. The van der Waals surface area contributed by atoms with E-state index in [1.54, 1.807) is 18.2 Å². The van der Waals surface area contributed by atoms with E-state index in [4.69, 9.17) is 5.26 Å². The lowest BCUT2D eigenvalue weighted by molar-refractivity contribution is -0.137. The van der Waals surface area contributed by atoms with Crippen molar-refractivity contribution in [2.45, 2.75) is 89.1 Å². The number of nitrogens with zero attached hydrogens (tertiary/aromatic N) is 1. The number of hydrogen-bond donors (Lipinski definition) is 0. The molecule has 1 nitrogen and oxygen atoms in total. The fourth-order valence-corrected chi connectivity index (χ4v) is 5.44. The average Bonchev–Trinajstić information content (AvgIpc) is 2.76. The van der Waals surface area contributed by atoms with E-state index in [-0.39, 0.29) is 0 Å². The zero-order valence-electron chi connectivity index (χ0n) is 17.8. The highest BCUT2D eigenvalue weighted by atomic mass is 19.4. The largest absolute Gasteiger partial charge is 0.416 e. The van der Waals surface area contributed by atoms with E-state index in [1.807, 2.05) is 0 Å². The quantitative estimate of drug-likeness (QED) is 0.322. The molecule has 0 spiro atoms. The molecule has 4 heteroatoms. The molecule has 2 aliphatic rings. The molecule has 0 atom stereocenters. The van der Waals surface area contributed by atoms with Crippen LogP contribution in [0.15, 0.2) is 36.4 Å². The molecule has 0 bridgehead atoms. The van der Waals surface area contributed by atoms with Gasteiger partial charge in [-0.25, -0.2) is 0 Å². The lowest BCUT2D eigenvalue weighted by Gasteiger charge is -2.29. The molecule has 0 radical (unpaired) electrons. The lowest BCUT2D eigenvalue weighted by atomic mass is 9.76. The van der Waals surface area contributed by atoms with Crippen molar-refractivity contribution in [3.63, 3.8) is 0 Å². The van der Waals surface area contributed by atoms with E-state index in [2.05, 4.69) is 12.1 Å². The minimum atomic E-state index is -4.25. The lowest BCUT2D eigenvalue weighted by Crippen LogP contribution is -2.15. The second-order valence-corrected chi connectivity index (χ2v) is 9.39. The first kappa shape index (κ1) is 22.9. The van der Waals surface area contributed by atoms with Crippen LogP contribution in [0.3, 0.4) is 0 Å². The van der Waals surface area contributed by atoms with Gasteiger partial charge in [0.1, 0.15) is 0 Å². The topological polar surface area (TPSA) is 23.8 Å². The van der Waals surface area contributed by atoms with Gasteiger partial charge in [0.15, 0.2) is 0 Å². The van der Waals surface area contributed by atoms with Gasteiger partial charge < -0.3 is 0 Å². The Bertz CT molecular complexity index is 697. The Morgan fingerprint density at radius 1 is 0.833 bits per heavy atom. The smallest absolute Gasteiger partial charge is 0.193 e. The molecule has 3 rings (SSSR count). The molecule has 30 heavy (non-hydrogen) atoms. The molecule has 1 aromatic rings. The van der Waals surface area contributed by atoms with E-state index in [1.165, 1.54) is 76.3 Å². The highest BCUT2D eigenvalue weighted by Gasteiger charge is 2.30. The van der Waals surface area contributed by atoms with Gasteiger partial charge in [-0.3, -0.25) is 0 Å². The van der Waals surface area contributed by atoms with Crippen molar-refractivity contribution in [1.82, 2.24) is 0 Å². The average molecular weight is 418 g/mol. The van der Waals surface area contributed by atoms with Crippen molar-refractivity contribution in [3.05, 3.63) is 47.5 Å². The Hall–Kier alpha value is -1.76. The first-order valence-corrected chi connectivity index (χ1v) is 11.7. The van der Waals surface area contributed by atoms with Crippen LogP contribution in [0.1, 0.15) is 94.1 Å². The van der Waals surface area contributed by atoms with Gasteiger partial charge in [0.25, 0.3) is 0 Å². The van der Waals surface area contributed by atoms with Gasteiger partial charge in [-0.1, -0.05) is 43.9 Å². The molecule has 2 saturated carbocycles. The van der Waals surface area contributed by atoms with Gasteiger partial charge in [-0.05, 0) is 92.7 Å². The number of unbranched alkanes of at least 4 members (excludes halogenated alkanes) is 1. The van der Waals surface area contributed by atoms with Crippen molar-refractivity contribution in [3.8, 4) is 6.07 Å². The maximum atomic E-state index is 12.7. The molecule has 164 valence electrons. The predicted molar refractivity (Wildman–Crippen MR) is 115 cm³/mol. The summed E-state index contributed by atoms with van der Waals surface area (Å²) < 4.78 is 38.2. The number of nitriles is 1. The fourth-order valence-electron chi connectivity index (χ4n) is 5.44. The fraction of sp³-hybridized carbons (Fsp3) is 0.654. The summed E-state index contributed by atoms with van der Waals surface area (Å²) in [4.78, 5) is 0. The number of rotatable bonds is 7. The summed E-state index contributed by atoms with van der Waals surface area (Å²) in [6.45, 7) is 0. The molecule has 0 heterocycles. The highest BCUT2D eigenvalue weighted by Crippen LogP contribution is 2.39. The molecule has 0 aliphatic heterocycles. The summed E-state index contributed by atoms with van der Waals surface area (Å²) >= 11 is 0. The van der Waals surface area contributed by atoms with Crippen molar-refractivity contribution in [1.29, 1.82) is 5.26 Å². The SMILES string of the molecule is N#CC=C[C@H]1CC[C@H](CCCC[C@H]2CC[C@H](c3ccc(C(F)(F)F)cc3)CC2)CC1. The Morgan fingerprint density at radius 2 is 1.37 bits per heavy atom. The van der Waals surface area contributed by atoms with Gasteiger partial charge in [0.05, 0.1) is 11.6 Å². The third kappa shape index (κ3) is 6.89. The van der Waals surface area contributed by atoms with Gasteiger partial charge in [0, 0.05) is 6.08 Å². The van der Waals surface area contributed by atoms with Crippen LogP contribution in [-0.4, -0.2) is 0 Å². The highest BCUT2D eigenvalue weighted by molar-refractivity contribution is 5.27. The summed E-state index contributed by atoms with van der Waals surface area (Å²) in [5, 5.41) is 8.63. The summed E-state index contributed by atoms with van der Waals surface area (Å²) in [7, 11) is 0. The van der Waals surface area contributed by atoms with Crippen LogP contribution < -0.4 is 0 Å². The van der Waals surface area contributed by atoms with E-state index in [0.717, 1.165) is 30.2 Å². The Morgan fingerprint density at radius 3 is 1.87 bits per heavy atom. The third-order valence-electron chi connectivity index (χ3n) is 7.37. The number of halogens is 3. The van der Waals surface area contributed by atoms with Crippen LogP contribution in [0.5, 0.6) is 0 Å². The molecule has 1 aromatic carbocycles. The zero-order chi connectivity index (χ0) is 21.4. The van der Waals surface area contributed by atoms with Crippen LogP contribution in [0.4, 0.5) is 13.2 Å². The minimum Gasteiger partial charge on any atom is -0.193 e. The van der Waals surface area contributed by atoms with Crippen molar-refractivity contribution in [2.75, 3.05) is 0 Å². The second-order valence-electron chi connectivity index (χ2n) is 9.39. The van der Waals surface area contributed by atoms with E-state index in [9.17, 15) is 13.2 Å². The Kier molecular flexibility index (Phi) is 8.42. The van der Waals surface area contributed by atoms with E-state index >= 15 is 0 Å². The Balaban J connectivity index is 1.29. The van der Waals surface area contributed by atoms with E-state index < -0.39 is 11.7 Å². The number of hydrogen-bond acceptors (Lipinski definition) is 1. The molecule has 0 saturated heterocycles. The minimum absolute atomic E-state index is 0.425. The van der Waals surface area contributed by atoms with Gasteiger partial charge in [-0.15, -0.1) is 0 Å². The normalized spacial score (nSPS) is 27.8. The zero-order valence-corrected chi connectivity index (χ0v) is 17.8. The van der Waals surface area contributed by atoms with Crippen molar-refractivity contribution < 1.29 is 13.2 Å². The molecule has 0 N–H and O–H groups in total. The summed E-state index contributed by atoms with van der Waals surface area (Å²) in [5.74, 6) is 2.70. The molecule has 0 aromatic heterocycles. The Labute approximate surface area is 179 Å². The second kappa shape index (κ2) is 11.0. The molecule has 2 fully saturated rings. The number of alkyl halides is 3. The number of allylic oxidation sites excluding steroid dienone is 2. The third-order valence-corrected chi connectivity index (χ3v) is 7.37. The first-order valence-electron chi connectivity index (χ1n) is 11.7. The summed E-state index contributed by atoms with van der Waals surface area (Å²) in [6, 6.07) is 7.92. The van der Waals surface area contributed by atoms with Crippen molar-refractivity contribution >= 4 is 0 Å². The van der Waals surface area contributed by atoms with Crippen LogP contribution in [0.25, 0.3) is 0 Å². The maximum absolute atomic E-state index is 12.7. The molecule has 2 aliphatic carbocycles. The first-order chi connectivity index (χ1) is 14.5. The van der Waals surface area contributed by atoms with Crippen LogP contribution >= 0.6 is 0 Å². The van der Waals surface area contributed by atoms with Crippen LogP contribution in [0.2, 0.25) is 0 Å². The van der Waals surface area contributed by atoms with Gasteiger partial charge >= 0.3 is 6.18 Å². The van der Waals surface area contributed by atoms with Crippen LogP contribution in [-0.2, 0) is 6.18 Å². The van der Waals surface area contributed by atoms with Gasteiger partial charge in [-0.2, -0.15) is 18.4 Å². The van der Waals surface area contributed by atoms with Gasteiger partial charge in [0.2, 0.25) is 0 Å². The van der Waals surface area contributed by atoms with E-state index in [0.29, 0.717) is 11.8 Å². The predicted octanol–water partition coefficient (Wildman–Crippen LogP) is 8.43. The molecule has 0 unspecified atom stereocenters. The summed E-state index contributed by atoms with van der Waals surface area (Å²) in [5.41, 5.74) is 0.522.